The molecule has 0 saturated heterocycles. The lowest BCUT2D eigenvalue weighted by molar-refractivity contribution is -0.384. The van der Waals surface area contributed by atoms with Gasteiger partial charge in [-0.2, -0.15) is 0 Å². The first-order valence-corrected chi connectivity index (χ1v) is 7.57. The van der Waals surface area contributed by atoms with Gasteiger partial charge in [0.2, 0.25) is 0 Å². The third-order valence-corrected chi connectivity index (χ3v) is 3.59. The van der Waals surface area contributed by atoms with Crippen molar-refractivity contribution >= 4 is 57.2 Å². The van der Waals surface area contributed by atoms with Gasteiger partial charge in [-0.05, 0) is 71.2 Å². The van der Waals surface area contributed by atoms with Crippen LogP contribution >= 0.6 is 34.8 Å². The molecule has 0 saturated carbocycles. The molecule has 22 heavy (non-hydrogen) atoms. The van der Waals surface area contributed by atoms with Gasteiger partial charge in [0.1, 0.15) is 0 Å². The molecule has 6 nitrogen and oxygen atoms in total. The van der Waals surface area contributed by atoms with E-state index in [2.05, 4.69) is 33.2 Å². The highest BCUT2D eigenvalue weighted by Crippen LogP contribution is 2.15. The second-order valence-corrected chi connectivity index (χ2v) is 5.87. The maximum Gasteiger partial charge on any atom is 0.269 e. The summed E-state index contributed by atoms with van der Waals surface area (Å²) in [4.78, 5) is 22.0. The first kappa shape index (κ1) is 16.3. The number of halogens is 1. The molecule has 2 rings (SSSR count). The molecule has 0 heterocycles. The molecule has 0 aliphatic heterocycles. The van der Waals surface area contributed by atoms with Gasteiger partial charge in [0, 0.05) is 27.0 Å². The van der Waals surface area contributed by atoms with E-state index in [-0.39, 0.29) is 16.7 Å². The van der Waals surface area contributed by atoms with Gasteiger partial charge in [0.15, 0.2) is 5.11 Å². The van der Waals surface area contributed by atoms with E-state index in [1.807, 2.05) is 12.1 Å². The Kier molecular flexibility index (Phi) is 5.39. The number of non-ortho nitro benzene ring substituents is 1. The van der Waals surface area contributed by atoms with E-state index >= 15 is 0 Å². The molecule has 2 aromatic rings. The standard InChI is InChI=1S/C14H10IN3O3S/c15-10-3-1-9(2-4-10)13(19)17-14(22)16-11-5-7-12(8-6-11)18(20)21/h1-8H,(H2,16,17,19,22). The van der Waals surface area contributed by atoms with Gasteiger partial charge in [-0.25, -0.2) is 0 Å². The molecule has 8 heteroatoms. The summed E-state index contributed by atoms with van der Waals surface area (Å²) in [6.07, 6.45) is 0. The number of nitro groups is 1. The van der Waals surface area contributed by atoms with E-state index in [1.54, 1.807) is 12.1 Å². The lowest BCUT2D eigenvalue weighted by atomic mass is 10.2. The van der Waals surface area contributed by atoms with Crippen LogP contribution in [0.15, 0.2) is 48.5 Å². The molecule has 0 aliphatic carbocycles. The average molecular weight is 427 g/mol. The number of nitrogens with zero attached hydrogens (tertiary/aromatic N) is 1. The fraction of sp³-hybridized carbons (Fsp3) is 0. The van der Waals surface area contributed by atoms with Crippen molar-refractivity contribution < 1.29 is 9.72 Å². The molecule has 0 spiro atoms. The molecule has 2 aromatic carbocycles. The molecule has 1 amide bonds. The van der Waals surface area contributed by atoms with Crippen LogP contribution in [0.25, 0.3) is 0 Å². The molecule has 0 aromatic heterocycles. The van der Waals surface area contributed by atoms with Crippen LogP contribution in [0.5, 0.6) is 0 Å². The molecular weight excluding hydrogens is 417 g/mol. The number of rotatable bonds is 3. The zero-order chi connectivity index (χ0) is 16.1. The van der Waals surface area contributed by atoms with Gasteiger partial charge in [-0.3, -0.25) is 20.2 Å². The van der Waals surface area contributed by atoms with Crippen LogP contribution in [-0.4, -0.2) is 15.9 Å². The molecule has 0 radical (unpaired) electrons. The number of nitrogens with one attached hydrogen (secondary N) is 2. The molecule has 0 fully saturated rings. The lowest BCUT2D eigenvalue weighted by Gasteiger charge is -2.09. The van der Waals surface area contributed by atoms with Crippen molar-refractivity contribution in [2.24, 2.45) is 0 Å². The van der Waals surface area contributed by atoms with E-state index in [9.17, 15) is 14.9 Å². The van der Waals surface area contributed by atoms with Crippen molar-refractivity contribution in [1.82, 2.24) is 5.32 Å². The van der Waals surface area contributed by atoms with Gasteiger partial charge in [-0.15, -0.1) is 0 Å². The summed E-state index contributed by atoms with van der Waals surface area (Å²) >= 11 is 7.19. The molecule has 0 aliphatic rings. The molecule has 0 atom stereocenters. The molecule has 0 bridgehead atoms. The van der Waals surface area contributed by atoms with Crippen LogP contribution in [-0.2, 0) is 0 Å². The summed E-state index contributed by atoms with van der Waals surface area (Å²) in [6.45, 7) is 0. The number of carbonyl (C=O) groups excluding carboxylic acids is 1. The summed E-state index contributed by atoms with van der Waals surface area (Å²) in [5, 5.41) is 16.0. The highest BCUT2D eigenvalue weighted by atomic mass is 127. The Balaban J connectivity index is 1.96. The summed E-state index contributed by atoms with van der Waals surface area (Å²) in [5.41, 5.74) is 1.03. The van der Waals surface area contributed by atoms with E-state index in [0.29, 0.717) is 11.3 Å². The minimum Gasteiger partial charge on any atom is -0.332 e. The van der Waals surface area contributed by atoms with Crippen molar-refractivity contribution in [2.75, 3.05) is 5.32 Å². The van der Waals surface area contributed by atoms with Gasteiger partial charge in [-0.1, -0.05) is 0 Å². The van der Waals surface area contributed by atoms with Crippen LogP contribution in [0.3, 0.4) is 0 Å². The van der Waals surface area contributed by atoms with Crippen LogP contribution < -0.4 is 10.6 Å². The topological polar surface area (TPSA) is 84.3 Å². The number of hydrogen-bond acceptors (Lipinski definition) is 4. The predicted molar refractivity (Wildman–Crippen MR) is 95.9 cm³/mol. The second kappa shape index (κ2) is 7.27. The summed E-state index contributed by atoms with van der Waals surface area (Å²) in [5.74, 6) is -0.323. The summed E-state index contributed by atoms with van der Waals surface area (Å²) in [6, 6.07) is 12.8. The maximum atomic E-state index is 12.0. The van der Waals surface area contributed by atoms with Gasteiger partial charge >= 0.3 is 0 Å². The number of anilines is 1. The minimum atomic E-state index is -0.485. The van der Waals surface area contributed by atoms with E-state index in [0.717, 1.165) is 3.57 Å². The highest BCUT2D eigenvalue weighted by Gasteiger charge is 2.09. The SMILES string of the molecule is O=C(NC(=S)Nc1ccc([N+](=O)[O-])cc1)c1ccc(I)cc1. The summed E-state index contributed by atoms with van der Waals surface area (Å²) in [7, 11) is 0. The summed E-state index contributed by atoms with van der Waals surface area (Å²) < 4.78 is 1.03. The zero-order valence-electron chi connectivity index (χ0n) is 11.1. The lowest BCUT2D eigenvalue weighted by Crippen LogP contribution is -2.34. The van der Waals surface area contributed by atoms with Crippen LogP contribution in [0.1, 0.15) is 10.4 Å². The third kappa shape index (κ3) is 4.46. The molecule has 2 N–H and O–H groups in total. The quantitative estimate of drug-likeness (QED) is 0.340. The Bertz CT molecular complexity index is 717. The molecule has 0 unspecified atom stereocenters. The number of benzene rings is 2. The smallest absolute Gasteiger partial charge is 0.269 e. The Labute approximate surface area is 145 Å². The van der Waals surface area contributed by atoms with Gasteiger partial charge in [0.05, 0.1) is 4.92 Å². The first-order chi connectivity index (χ1) is 10.5. The number of carbonyl (C=O) groups is 1. The van der Waals surface area contributed by atoms with Crippen molar-refractivity contribution in [3.05, 3.63) is 67.8 Å². The zero-order valence-corrected chi connectivity index (χ0v) is 14.1. The van der Waals surface area contributed by atoms with Crippen molar-refractivity contribution in [3.63, 3.8) is 0 Å². The number of amides is 1. The number of hydrogen-bond donors (Lipinski definition) is 2. The Morgan fingerprint density at radius 3 is 2.23 bits per heavy atom. The first-order valence-electron chi connectivity index (χ1n) is 6.08. The van der Waals surface area contributed by atoms with Crippen LogP contribution in [0.4, 0.5) is 11.4 Å². The average Bonchev–Trinajstić information content (AvgIpc) is 2.48. The minimum absolute atomic E-state index is 0.0145. The van der Waals surface area contributed by atoms with Crippen LogP contribution in [0, 0.1) is 13.7 Å². The normalized spacial score (nSPS) is 9.86. The number of nitro benzene ring substituents is 1. The maximum absolute atomic E-state index is 12.0. The Hall–Kier alpha value is -2.07. The van der Waals surface area contributed by atoms with Crippen molar-refractivity contribution in [1.29, 1.82) is 0 Å². The van der Waals surface area contributed by atoms with E-state index in [1.165, 1.54) is 24.3 Å². The highest BCUT2D eigenvalue weighted by molar-refractivity contribution is 14.1. The van der Waals surface area contributed by atoms with E-state index < -0.39 is 4.92 Å². The van der Waals surface area contributed by atoms with Gasteiger partial charge in [0.25, 0.3) is 11.6 Å². The Morgan fingerprint density at radius 2 is 1.68 bits per heavy atom. The molecular formula is C14H10IN3O3S. The van der Waals surface area contributed by atoms with Gasteiger partial charge < -0.3 is 5.32 Å². The molecule has 112 valence electrons. The van der Waals surface area contributed by atoms with Crippen molar-refractivity contribution in [3.8, 4) is 0 Å². The van der Waals surface area contributed by atoms with Crippen LogP contribution in [0.2, 0.25) is 0 Å². The largest absolute Gasteiger partial charge is 0.332 e. The fourth-order valence-corrected chi connectivity index (χ4v) is 2.18. The van der Waals surface area contributed by atoms with E-state index in [4.69, 9.17) is 12.2 Å². The number of thiocarbonyl (C=S) groups is 1. The monoisotopic (exact) mass is 427 g/mol. The fourth-order valence-electron chi connectivity index (χ4n) is 1.61. The Morgan fingerprint density at radius 1 is 1.09 bits per heavy atom. The predicted octanol–water partition coefficient (Wildman–Crippen LogP) is 3.33. The van der Waals surface area contributed by atoms with Crippen molar-refractivity contribution in [2.45, 2.75) is 0 Å². The second-order valence-electron chi connectivity index (χ2n) is 4.22. The third-order valence-electron chi connectivity index (χ3n) is 2.67.